The van der Waals surface area contributed by atoms with Crippen molar-refractivity contribution in [3.05, 3.63) is 53.3 Å². The summed E-state index contributed by atoms with van der Waals surface area (Å²) >= 11 is 1.59. The maximum absolute atomic E-state index is 6.34. The Balaban J connectivity index is 1.47. The van der Waals surface area contributed by atoms with Crippen LogP contribution in [-0.2, 0) is 16.8 Å². The van der Waals surface area contributed by atoms with E-state index in [-0.39, 0.29) is 5.60 Å². The molecule has 1 spiro atoms. The first kappa shape index (κ1) is 15.8. The highest BCUT2D eigenvalue weighted by atomic mass is 32.1. The van der Waals surface area contributed by atoms with Crippen LogP contribution in [0.2, 0.25) is 0 Å². The Morgan fingerprint density at radius 3 is 2.73 bits per heavy atom. The second-order valence-electron chi connectivity index (χ2n) is 6.73. The fourth-order valence-electron chi connectivity index (χ4n) is 3.88. The topological polar surface area (TPSA) is 64.0 Å². The van der Waals surface area contributed by atoms with Crippen LogP contribution in [0.25, 0.3) is 11.4 Å². The van der Waals surface area contributed by atoms with Gasteiger partial charge in [0.15, 0.2) is 5.82 Å². The number of nitrogens with zero attached hydrogens (tertiary/aromatic N) is 5. The van der Waals surface area contributed by atoms with Gasteiger partial charge in [0.2, 0.25) is 5.13 Å². The normalized spacial score (nSPS) is 18.7. The van der Waals surface area contributed by atoms with Crippen LogP contribution >= 0.6 is 11.3 Å². The van der Waals surface area contributed by atoms with Crippen molar-refractivity contribution in [3.63, 3.8) is 0 Å². The number of fused-ring (bicyclic) bond motifs is 2. The molecule has 2 aromatic heterocycles. The van der Waals surface area contributed by atoms with Crippen molar-refractivity contribution in [1.29, 1.82) is 0 Å². The molecular formula is C19H19N5OS. The first-order valence-electron chi connectivity index (χ1n) is 8.91. The SMILES string of the molecule is c1ccc(-c2ncc3c(n2)C2(CCN(c4nncs4)CC2)OCC3)cc1. The molecule has 26 heavy (non-hydrogen) atoms. The minimum atomic E-state index is -0.304. The lowest BCUT2D eigenvalue weighted by Gasteiger charge is -2.43. The van der Waals surface area contributed by atoms with E-state index in [1.807, 2.05) is 24.4 Å². The van der Waals surface area contributed by atoms with E-state index in [1.165, 1.54) is 5.56 Å². The highest BCUT2D eigenvalue weighted by Gasteiger charge is 2.43. The van der Waals surface area contributed by atoms with Gasteiger partial charge in [0, 0.05) is 24.8 Å². The molecule has 3 aromatic rings. The zero-order valence-electron chi connectivity index (χ0n) is 14.3. The summed E-state index contributed by atoms with van der Waals surface area (Å²) in [4.78, 5) is 11.9. The maximum Gasteiger partial charge on any atom is 0.208 e. The van der Waals surface area contributed by atoms with Gasteiger partial charge in [-0.3, -0.25) is 0 Å². The van der Waals surface area contributed by atoms with Crippen LogP contribution in [0.5, 0.6) is 0 Å². The van der Waals surface area contributed by atoms with Crippen LogP contribution in [0.3, 0.4) is 0 Å². The molecule has 132 valence electrons. The number of hydrogen-bond donors (Lipinski definition) is 0. The Kier molecular flexibility index (Phi) is 3.90. The molecule has 0 radical (unpaired) electrons. The van der Waals surface area contributed by atoms with Gasteiger partial charge in [-0.1, -0.05) is 41.7 Å². The zero-order valence-corrected chi connectivity index (χ0v) is 15.2. The second-order valence-corrected chi connectivity index (χ2v) is 7.55. The number of aromatic nitrogens is 4. The molecule has 2 aliphatic heterocycles. The Morgan fingerprint density at radius 2 is 1.96 bits per heavy atom. The van der Waals surface area contributed by atoms with Crippen molar-refractivity contribution in [2.24, 2.45) is 0 Å². The molecular weight excluding hydrogens is 346 g/mol. The predicted molar refractivity (Wildman–Crippen MR) is 100 cm³/mol. The summed E-state index contributed by atoms with van der Waals surface area (Å²) in [6.45, 7) is 2.54. The molecule has 0 atom stereocenters. The summed E-state index contributed by atoms with van der Waals surface area (Å²) in [6, 6.07) is 10.2. The van der Waals surface area contributed by atoms with Gasteiger partial charge in [0.1, 0.15) is 11.1 Å². The van der Waals surface area contributed by atoms with E-state index in [2.05, 4.69) is 32.2 Å². The van der Waals surface area contributed by atoms with Gasteiger partial charge in [-0.05, 0) is 24.8 Å². The highest BCUT2D eigenvalue weighted by molar-refractivity contribution is 7.13. The minimum Gasteiger partial charge on any atom is -0.368 e. The molecule has 1 fully saturated rings. The maximum atomic E-state index is 6.34. The molecule has 1 aromatic carbocycles. The fourth-order valence-corrected chi connectivity index (χ4v) is 4.50. The number of anilines is 1. The van der Waals surface area contributed by atoms with Gasteiger partial charge in [-0.15, -0.1) is 10.2 Å². The molecule has 0 N–H and O–H groups in total. The van der Waals surface area contributed by atoms with Crippen molar-refractivity contribution >= 4 is 16.5 Å². The van der Waals surface area contributed by atoms with E-state index in [0.29, 0.717) is 0 Å². The fraction of sp³-hybridized carbons (Fsp3) is 0.368. The summed E-state index contributed by atoms with van der Waals surface area (Å²) in [5, 5.41) is 9.15. The summed E-state index contributed by atoms with van der Waals surface area (Å²) in [6.07, 6.45) is 4.69. The van der Waals surface area contributed by atoms with E-state index in [1.54, 1.807) is 16.8 Å². The third-order valence-corrected chi connectivity index (χ3v) is 6.02. The van der Waals surface area contributed by atoms with Gasteiger partial charge in [-0.2, -0.15) is 0 Å². The summed E-state index contributed by atoms with van der Waals surface area (Å²) in [5.41, 5.74) is 4.82. The number of hydrogen-bond acceptors (Lipinski definition) is 7. The molecule has 0 amide bonds. The monoisotopic (exact) mass is 365 g/mol. The third kappa shape index (κ3) is 2.68. The van der Waals surface area contributed by atoms with Gasteiger partial charge >= 0.3 is 0 Å². The van der Waals surface area contributed by atoms with Crippen molar-refractivity contribution in [1.82, 2.24) is 20.2 Å². The smallest absolute Gasteiger partial charge is 0.208 e. The van der Waals surface area contributed by atoms with Gasteiger partial charge in [0.25, 0.3) is 0 Å². The third-order valence-electron chi connectivity index (χ3n) is 5.27. The molecule has 4 heterocycles. The molecule has 0 saturated carbocycles. The molecule has 1 saturated heterocycles. The van der Waals surface area contributed by atoms with Crippen LogP contribution in [0.4, 0.5) is 5.13 Å². The largest absolute Gasteiger partial charge is 0.368 e. The highest BCUT2D eigenvalue weighted by Crippen LogP contribution is 2.41. The van der Waals surface area contributed by atoms with Gasteiger partial charge < -0.3 is 9.64 Å². The molecule has 0 unspecified atom stereocenters. The Labute approximate surface area is 155 Å². The van der Waals surface area contributed by atoms with E-state index >= 15 is 0 Å². The Hall–Kier alpha value is -2.38. The van der Waals surface area contributed by atoms with Crippen LogP contribution in [0.1, 0.15) is 24.1 Å². The number of piperidine rings is 1. The van der Waals surface area contributed by atoms with Crippen molar-refractivity contribution in [3.8, 4) is 11.4 Å². The predicted octanol–water partition coefficient (Wildman–Crippen LogP) is 3.06. The summed E-state index contributed by atoms with van der Waals surface area (Å²) < 4.78 is 6.34. The number of ether oxygens (including phenoxy) is 1. The molecule has 5 rings (SSSR count). The number of rotatable bonds is 2. The summed E-state index contributed by atoms with van der Waals surface area (Å²) in [5.74, 6) is 0.778. The molecule has 2 aliphatic rings. The van der Waals surface area contributed by atoms with Crippen molar-refractivity contribution in [2.75, 3.05) is 24.6 Å². The van der Waals surface area contributed by atoms with Gasteiger partial charge in [0.05, 0.1) is 12.3 Å². The average molecular weight is 365 g/mol. The van der Waals surface area contributed by atoms with E-state index in [4.69, 9.17) is 9.72 Å². The molecule has 0 aliphatic carbocycles. The zero-order chi connectivity index (χ0) is 17.4. The number of benzene rings is 1. The lowest BCUT2D eigenvalue weighted by Crippen LogP contribution is -2.47. The standard InChI is InChI=1S/C19H19N5OS/c1-2-4-14(5-3-1)17-20-12-15-6-11-25-19(16(15)22-17)7-9-24(10-8-19)18-23-21-13-26-18/h1-5,12-13H,6-11H2. The first-order chi connectivity index (χ1) is 12.8. The first-order valence-corrected chi connectivity index (χ1v) is 9.79. The van der Waals surface area contributed by atoms with Crippen LogP contribution in [-0.4, -0.2) is 39.9 Å². The van der Waals surface area contributed by atoms with Crippen molar-refractivity contribution in [2.45, 2.75) is 24.9 Å². The average Bonchev–Trinajstić information content (AvgIpc) is 3.24. The Morgan fingerprint density at radius 1 is 1.12 bits per heavy atom. The Bertz CT molecular complexity index is 892. The lowest BCUT2D eigenvalue weighted by atomic mass is 9.83. The second kappa shape index (κ2) is 6.41. The van der Waals surface area contributed by atoms with Crippen molar-refractivity contribution < 1.29 is 4.74 Å². The molecule has 7 heteroatoms. The van der Waals surface area contributed by atoms with E-state index in [9.17, 15) is 0 Å². The van der Waals surface area contributed by atoms with Crippen LogP contribution < -0.4 is 4.90 Å². The van der Waals surface area contributed by atoms with E-state index in [0.717, 1.165) is 61.2 Å². The van der Waals surface area contributed by atoms with E-state index < -0.39 is 0 Å². The van der Waals surface area contributed by atoms with Crippen LogP contribution in [0, 0.1) is 0 Å². The minimum absolute atomic E-state index is 0.304. The molecule has 0 bridgehead atoms. The molecule has 6 nitrogen and oxygen atoms in total. The summed E-state index contributed by atoms with van der Waals surface area (Å²) in [7, 11) is 0. The van der Waals surface area contributed by atoms with Gasteiger partial charge in [-0.25, -0.2) is 9.97 Å². The van der Waals surface area contributed by atoms with Crippen LogP contribution in [0.15, 0.2) is 42.0 Å². The quantitative estimate of drug-likeness (QED) is 0.695. The lowest BCUT2D eigenvalue weighted by molar-refractivity contribution is -0.0801.